The normalized spacial score (nSPS) is 18.3. The lowest BCUT2D eigenvalue weighted by Crippen LogP contribution is -2.47. The molecule has 3 rings (SSSR count). The van der Waals surface area contributed by atoms with E-state index in [2.05, 4.69) is 26.1 Å². The lowest BCUT2D eigenvalue weighted by atomic mass is 9.83. The molecule has 1 N–H and O–H groups in total. The molecule has 0 spiro atoms. The van der Waals surface area contributed by atoms with E-state index in [4.69, 9.17) is 9.47 Å². The Balaban J connectivity index is 1.76. The van der Waals surface area contributed by atoms with Gasteiger partial charge in [0.1, 0.15) is 17.1 Å². The van der Waals surface area contributed by atoms with Gasteiger partial charge in [-0.1, -0.05) is 58.0 Å². The smallest absolute Gasteiger partial charge is 0.261 e. The standard InChI is InChI=1S/C25H33NO3/c1-5-18-13-15-19(16-14-18)28-22(6-2)24(27)26-21-17-25(7-3,8-4)29-23-12-10-9-11-20(21)23/h9-16,21-22H,5-8,17H2,1-4H3,(H,26,27)/t21-,22-/m1/s1. The van der Waals surface area contributed by atoms with Crippen LogP contribution in [-0.2, 0) is 11.2 Å². The Labute approximate surface area is 174 Å². The number of benzene rings is 2. The maximum Gasteiger partial charge on any atom is 0.261 e. The Morgan fingerprint density at radius 2 is 1.79 bits per heavy atom. The van der Waals surface area contributed by atoms with Crippen LogP contribution in [-0.4, -0.2) is 17.6 Å². The fraction of sp³-hybridized carbons (Fsp3) is 0.480. The van der Waals surface area contributed by atoms with Crippen LogP contribution < -0.4 is 14.8 Å². The third-order valence-electron chi connectivity index (χ3n) is 6.08. The van der Waals surface area contributed by atoms with E-state index in [9.17, 15) is 4.79 Å². The second kappa shape index (κ2) is 9.34. The Morgan fingerprint density at radius 3 is 2.41 bits per heavy atom. The minimum atomic E-state index is -0.518. The molecule has 0 saturated heterocycles. The predicted octanol–water partition coefficient (Wildman–Crippen LogP) is 5.61. The summed E-state index contributed by atoms with van der Waals surface area (Å²) in [7, 11) is 0. The van der Waals surface area contributed by atoms with Crippen molar-refractivity contribution in [3.05, 3.63) is 59.7 Å². The number of aryl methyl sites for hydroxylation is 1. The van der Waals surface area contributed by atoms with Gasteiger partial charge in [0.25, 0.3) is 5.91 Å². The number of para-hydroxylation sites is 1. The molecule has 2 aromatic carbocycles. The van der Waals surface area contributed by atoms with Gasteiger partial charge >= 0.3 is 0 Å². The minimum Gasteiger partial charge on any atom is -0.487 e. The molecule has 1 aliphatic heterocycles. The van der Waals surface area contributed by atoms with Crippen LogP contribution in [0.4, 0.5) is 0 Å². The van der Waals surface area contributed by atoms with Crippen LogP contribution in [0.1, 0.15) is 70.5 Å². The summed E-state index contributed by atoms with van der Waals surface area (Å²) >= 11 is 0. The lowest BCUT2D eigenvalue weighted by Gasteiger charge is -2.42. The van der Waals surface area contributed by atoms with Crippen LogP contribution in [0, 0.1) is 0 Å². The predicted molar refractivity (Wildman–Crippen MR) is 116 cm³/mol. The molecular weight excluding hydrogens is 362 g/mol. The molecule has 0 radical (unpaired) electrons. The molecule has 2 aromatic rings. The first-order valence-corrected chi connectivity index (χ1v) is 10.9. The van der Waals surface area contributed by atoms with Crippen LogP contribution in [0.5, 0.6) is 11.5 Å². The van der Waals surface area contributed by atoms with Gasteiger partial charge < -0.3 is 14.8 Å². The van der Waals surface area contributed by atoms with Crippen LogP contribution >= 0.6 is 0 Å². The summed E-state index contributed by atoms with van der Waals surface area (Å²) in [6.07, 6.45) is 3.65. The van der Waals surface area contributed by atoms with Crippen molar-refractivity contribution >= 4 is 5.91 Å². The highest BCUT2D eigenvalue weighted by atomic mass is 16.5. The number of carbonyl (C=O) groups excluding carboxylic acids is 1. The van der Waals surface area contributed by atoms with E-state index < -0.39 is 6.10 Å². The number of ether oxygens (including phenoxy) is 2. The molecule has 0 unspecified atom stereocenters. The van der Waals surface area contributed by atoms with Gasteiger partial charge in [0.2, 0.25) is 0 Å². The summed E-state index contributed by atoms with van der Waals surface area (Å²) in [5.41, 5.74) is 2.05. The highest BCUT2D eigenvalue weighted by Crippen LogP contribution is 2.42. The summed E-state index contributed by atoms with van der Waals surface area (Å²) in [4.78, 5) is 13.1. The van der Waals surface area contributed by atoms with Crippen molar-refractivity contribution < 1.29 is 14.3 Å². The van der Waals surface area contributed by atoms with Crippen LogP contribution in [0.15, 0.2) is 48.5 Å². The van der Waals surface area contributed by atoms with Crippen molar-refractivity contribution in [2.75, 3.05) is 0 Å². The Hall–Kier alpha value is -2.49. The second-order valence-corrected chi connectivity index (χ2v) is 7.81. The second-order valence-electron chi connectivity index (χ2n) is 7.81. The summed E-state index contributed by atoms with van der Waals surface area (Å²) in [5.74, 6) is 1.53. The van der Waals surface area contributed by atoms with Gasteiger partial charge in [-0.3, -0.25) is 4.79 Å². The van der Waals surface area contributed by atoms with Gasteiger partial charge in [-0.2, -0.15) is 0 Å². The molecule has 29 heavy (non-hydrogen) atoms. The van der Waals surface area contributed by atoms with Crippen LogP contribution in [0.2, 0.25) is 0 Å². The Morgan fingerprint density at radius 1 is 1.10 bits per heavy atom. The third kappa shape index (κ3) is 4.75. The zero-order valence-electron chi connectivity index (χ0n) is 18.0. The molecule has 1 aliphatic rings. The first-order chi connectivity index (χ1) is 14.0. The van der Waals surface area contributed by atoms with E-state index in [1.165, 1.54) is 5.56 Å². The molecule has 0 bridgehead atoms. The zero-order valence-corrected chi connectivity index (χ0v) is 18.0. The van der Waals surface area contributed by atoms with E-state index in [1.807, 2.05) is 55.5 Å². The number of hydrogen-bond acceptors (Lipinski definition) is 3. The average Bonchev–Trinajstić information content (AvgIpc) is 2.77. The maximum absolute atomic E-state index is 13.1. The zero-order chi connectivity index (χ0) is 20.9. The van der Waals surface area contributed by atoms with Crippen LogP contribution in [0.3, 0.4) is 0 Å². The minimum absolute atomic E-state index is 0.0742. The van der Waals surface area contributed by atoms with Gasteiger partial charge in [-0.15, -0.1) is 0 Å². The highest BCUT2D eigenvalue weighted by Gasteiger charge is 2.39. The van der Waals surface area contributed by atoms with E-state index >= 15 is 0 Å². The van der Waals surface area contributed by atoms with E-state index in [0.29, 0.717) is 6.42 Å². The van der Waals surface area contributed by atoms with Gasteiger partial charge in [-0.05, 0) is 49.4 Å². The van der Waals surface area contributed by atoms with Crippen molar-refractivity contribution in [2.45, 2.75) is 77.5 Å². The molecule has 1 amide bonds. The molecule has 0 aliphatic carbocycles. The fourth-order valence-electron chi connectivity index (χ4n) is 3.98. The lowest BCUT2D eigenvalue weighted by molar-refractivity contribution is -0.129. The van der Waals surface area contributed by atoms with Gasteiger partial charge in [0.15, 0.2) is 6.10 Å². The summed E-state index contributed by atoms with van der Waals surface area (Å²) in [6.45, 7) is 8.39. The fourth-order valence-corrected chi connectivity index (χ4v) is 3.98. The van der Waals surface area contributed by atoms with Crippen molar-refractivity contribution in [1.29, 1.82) is 0 Å². The highest BCUT2D eigenvalue weighted by molar-refractivity contribution is 5.81. The topological polar surface area (TPSA) is 47.6 Å². The molecule has 0 fully saturated rings. The molecular formula is C25H33NO3. The molecule has 0 aromatic heterocycles. The van der Waals surface area contributed by atoms with Crippen molar-refractivity contribution in [3.63, 3.8) is 0 Å². The number of nitrogens with one attached hydrogen (secondary N) is 1. The molecule has 0 saturated carbocycles. The molecule has 4 nitrogen and oxygen atoms in total. The van der Waals surface area contributed by atoms with Crippen LogP contribution in [0.25, 0.3) is 0 Å². The van der Waals surface area contributed by atoms with Crippen molar-refractivity contribution in [2.24, 2.45) is 0 Å². The van der Waals surface area contributed by atoms with Gasteiger partial charge in [0.05, 0.1) is 6.04 Å². The first-order valence-electron chi connectivity index (χ1n) is 10.9. The largest absolute Gasteiger partial charge is 0.487 e. The Bertz CT molecular complexity index is 811. The number of rotatable bonds is 8. The Kier molecular flexibility index (Phi) is 6.83. The summed E-state index contributed by atoms with van der Waals surface area (Å²) in [5, 5.41) is 3.25. The van der Waals surface area contributed by atoms with Crippen molar-refractivity contribution in [3.8, 4) is 11.5 Å². The number of carbonyl (C=O) groups is 1. The number of hydrogen-bond donors (Lipinski definition) is 1. The van der Waals surface area contributed by atoms with E-state index in [-0.39, 0.29) is 17.6 Å². The molecule has 4 heteroatoms. The molecule has 1 heterocycles. The van der Waals surface area contributed by atoms with Gasteiger partial charge in [0, 0.05) is 12.0 Å². The quantitative estimate of drug-likeness (QED) is 0.632. The van der Waals surface area contributed by atoms with E-state index in [0.717, 1.165) is 42.7 Å². The summed E-state index contributed by atoms with van der Waals surface area (Å²) in [6, 6.07) is 15.9. The maximum atomic E-state index is 13.1. The SMILES string of the molecule is CCc1ccc(O[C@H](CC)C(=O)N[C@@H]2CC(CC)(CC)Oc3ccccc32)cc1. The monoisotopic (exact) mass is 395 g/mol. The van der Waals surface area contributed by atoms with E-state index in [1.54, 1.807) is 0 Å². The third-order valence-corrected chi connectivity index (χ3v) is 6.08. The average molecular weight is 396 g/mol. The first kappa shape index (κ1) is 21.2. The summed E-state index contributed by atoms with van der Waals surface area (Å²) < 4.78 is 12.4. The molecule has 2 atom stereocenters. The number of amides is 1. The van der Waals surface area contributed by atoms with Gasteiger partial charge in [-0.25, -0.2) is 0 Å². The molecule has 156 valence electrons. The number of fused-ring (bicyclic) bond motifs is 1. The van der Waals surface area contributed by atoms with Crippen molar-refractivity contribution in [1.82, 2.24) is 5.32 Å².